The van der Waals surface area contributed by atoms with Gasteiger partial charge in [0.15, 0.2) is 0 Å². The normalized spacial score (nSPS) is 9.23. The second-order valence-electron chi connectivity index (χ2n) is 2.38. The molecule has 0 aromatic heterocycles. The van der Waals surface area contributed by atoms with Crippen LogP contribution in [0.1, 0.15) is 19.8 Å². The van der Waals surface area contributed by atoms with E-state index in [0.29, 0.717) is 13.4 Å². The molecule has 4 nitrogen and oxygen atoms in total. The van der Waals surface area contributed by atoms with E-state index in [2.05, 4.69) is 16.4 Å². The highest BCUT2D eigenvalue weighted by Crippen LogP contribution is 1.85. The average molecular weight is 194 g/mol. The highest BCUT2D eigenvalue weighted by Gasteiger charge is 1.82. The lowest BCUT2D eigenvalue weighted by atomic mass is 10.4. The Bertz CT molecular complexity index is 60.6. The van der Waals surface area contributed by atoms with Gasteiger partial charge in [0.1, 0.15) is 6.79 Å². The lowest BCUT2D eigenvalue weighted by Crippen LogP contribution is -1.99. The van der Waals surface area contributed by atoms with Crippen LogP contribution in [-0.4, -0.2) is 45.9 Å². The third kappa shape index (κ3) is 24.5. The van der Waals surface area contributed by atoms with Crippen molar-refractivity contribution in [3.63, 3.8) is 0 Å². The van der Waals surface area contributed by atoms with Crippen molar-refractivity contribution in [3.8, 4) is 0 Å². The van der Waals surface area contributed by atoms with E-state index in [1.54, 1.807) is 14.2 Å². The fraction of sp³-hybridized carbons (Fsp3) is 1.00. The third-order valence-corrected chi connectivity index (χ3v) is 1.11. The van der Waals surface area contributed by atoms with Gasteiger partial charge in [0.25, 0.3) is 0 Å². The lowest BCUT2D eigenvalue weighted by Gasteiger charge is -1.97. The van der Waals surface area contributed by atoms with Crippen molar-refractivity contribution in [2.45, 2.75) is 19.8 Å². The molecule has 1 N–H and O–H groups in total. The number of unbranched alkanes of at least 4 members (excludes halogenated alkanes) is 1. The summed E-state index contributed by atoms with van der Waals surface area (Å²) in [5.41, 5.74) is 0. The first-order valence-electron chi connectivity index (χ1n) is 4.49. The molecule has 0 aliphatic rings. The highest BCUT2D eigenvalue weighted by molar-refractivity contribution is 4.30. The number of hydrogen-bond donors (Lipinski definition) is 1. The number of ether oxygens (including phenoxy) is 3. The molecular weight excluding hydrogens is 172 g/mol. The molecule has 0 amide bonds. The number of aliphatic hydroxyl groups excluding tert-OH is 1. The molecule has 0 radical (unpaired) electrons. The molecule has 0 atom stereocenters. The molecule has 0 spiro atoms. The van der Waals surface area contributed by atoms with Crippen LogP contribution in [-0.2, 0) is 14.2 Å². The van der Waals surface area contributed by atoms with Crippen LogP contribution in [0.4, 0.5) is 0 Å². The van der Waals surface area contributed by atoms with Gasteiger partial charge in [-0.25, -0.2) is 0 Å². The van der Waals surface area contributed by atoms with Gasteiger partial charge in [0.05, 0.1) is 13.2 Å². The summed E-state index contributed by atoms with van der Waals surface area (Å²) in [6, 6.07) is 0. The van der Waals surface area contributed by atoms with E-state index in [9.17, 15) is 0 Å². The first kappa shape index (κ1) is 15.3. The van der Waals surface area contributed by atoms with Gasteiger partial charge < -0.3 is 19.3 Å². The van der Waals surface area contributed by atoms with Gasteiger partial charge in [0, 0.05) is 20.8 Å². The van der Waals surface area contributed by atoms with Gasteiger partial charge >= 0.3 is 0 Å². The van der Waals surface area contributed by atoms with E-state index in [-0.39, 0.29) is 6.61 Å². The van der Waals surface area contributed by atoms with Gasteiger partial charge in [-0.05, 0) is 6.42 Å². The van der Waals surface area contributed by atoms with Crippen molar-refractivity contribution < 1.29 is 19.3 Å². The lowest BCUT2D eigenvalue weighted by molar-refractivity contribution is -0.00271. The predicted octanol–water partition coefficient (Wildman–Crippen LogP) is 1.03. The van der Waals surface area contributed by atoms with Crippen molar-refractivity contribution in [2.75, 3.05) is 40.8 Å². The molecule has 0 aromatic carbocycles. The highest BCUT2D eigenvalue weighted by atomic mass is 16.6. The molecule has 0 bridgehead atoms. The molecule has 0 aromatic rings. The van der Waals surface area contributed by atoms with Crippen LogP contribution in [0.2, 0.25) is 0 Å². The first-order chi connectivity index (χ1) is 6.33. The second kappa shape index (κ2) is 17.8. The van der Waals surface area contributed by atoms with E-state index >= 15 is 0 Å². The Morgan fingerprint density at radius 2 is 1.69 bits per heavy atom. The fourth-order valence-electron chi connectivity index (χ4n) is 0.531. The van der Waals surface area contributed by atoms with Crippen molar-refractivity contribution in [3.05, 3.63) is 0 Å². The predicted molar refractivity (Wildman–Crippen MR) is 51.7 cm³/mol. The van der Waals surface area contributed by atoms with Gasteiger partial charge in [-0.1, -0.05) is 13.3 Å². The number of methoxy groups -OCH3 is 2. The maximum Gasteiger partial charge on any atom is 0.145 e. The summed E-state index contributed by atoms with van der Waals surface area (Å²) >= 11 is 0. The van der Waals surface area contributed by atoms with Crippen molar-refractivity contribution in [1.29, 1.82) is 0 Å². The van der Waals surface area contributed by atoms with Crippen LogP contribution in [0.25, 0.3) is 0 Å². The minimum atomic E-state index is 0.143. The summed E-state index contributed by atoms with van der Waals surface area (Å²) < 4.78 is 13.9. The zero-order chi connectivity index (χ0) is 10.4. The van der Waals surface area contributed by atoms with E-state index in [1.165, 1.54) is 0 Å². The van der Waals surface area contributed by atoms with Crippen molar-refractivity contribution in [2.24, 2.45) is 0 Å². The minimum Gasteiger partial charge on any atom is -0.394 e. The quantitative estimate of drug-likeness (QED) is 0.486. The SMILES string of the molecule is CCCCOCCO.COCOC. The summed E-state index contributed by atoms with van der Waals surface area (Å²) in [6.45, 7) is 3.92. The van der Waals surface area contributed by atoms with Gasteiger partial charge in [-0.3, -0.25) is 0 Å². The molecule has 0 unspecified atom stereocenters. The van der Waals surface area contributed by atoms with Gasteiger partial charge in [-0.2, -0.15) is 0 Å². The maximum atomic E-state index is 8.24. The molecular formula is C9H22O4. The molecule has 0 rings (SSSR count). The van der Waals surface area contributed by atoms with E-state index in [0.717, 1.165) is 19.4 Å². The molecule has 4 heteroatoms. The van der Waals surface area contributed by atoms with E-state index in [1.807, 2.05) is 0 Å². The monoisotopic (exact) mass is 194 g/mol. The topological polar surface area (TPSA) is 47.9 Å². The Morgan fingerprint density at radius 1 is 1.08 bits per heavy atom. The Balaban J connectivity index is 0. The Kier molecular flexibility index (Phi) is 21.0. The minimum absolute atomic E-state index is 0.143. The van der Waals surface area contributed by atoms with Crippen LogP contribution < -0.4 is 0 Å². The van der Waals surface area contributed by atoms with Gasteiger partial charge in [0.2, 0.25) is 0 Å². The first-order valence-corrected chi connectivity index (χ1v) is 4.49. The zero-order valence-electron chi connectivity index (χ0n) is 8.91. The second-order valence-corrected chi connectivity index (χ2v) is 2.38. The summed E-state index contributed by atoms with van der Waals surface area (Å²) in [5, 5.41) is 8.24. The molecule has 13 heavy (non-hydrogen) atoms. The maximum absolute atomic E-state index is 8.24. The average Bonchev–Trinajstić information content (AvgIpc) is 2.15. The number of hydrogen-bond acceptors (Lipinski definition) is 4. The number of rotatable bonds is 7. The summed E-state index contributed by atoms with van der Waals surface area (Å²) in [7, 11) is 3.17. The Labute approximate surface area is 80.8 Å². The smallest absolute Gasteiger partial charge is 0.145 e. The zero-order valence-corrected chi connectivity index (χ0v) is 8.91. The van der Waals surface area contributed by atoms with Crippen molar-refractivity contribution in [1.82, 2.24) is 0 Å². The van der Waals surface area contributed by atoms with Crippen LogP contribution >= 0.6 is 0 Å². The summed E-state index contributed by atoms with van der Waals surface area (Å²) in [5.74, 6) is 0. The van der Waals surface area contributed by atoms with Crippen LogP contribution in [0.15, 0.2) is 0 Å². The fourth-order valence-corrected chi connectivity index (χ4v) is 0.531. The van der Waals surface area contributed by atoms with Crippen molar-refractivity contribution >= 4 is 0 Å². The molecule has 0 saturated heterocycles. The van der Waals surface area contributed by atoms with Crippen LogP contribution in [0.3, 0.4) is 0 Å². The standard InChI is InChI=1S/C6H14O2.C3H8O2/c1-2-3-5-8-6-4-7;1-4-3-5-2/h7H,2-6H2,1H3;3H2,1-2H3. The molecule has 0 saturated carbocycles. The Hall–Kier alpha value is -0.160. The van der Waals surface area contributed by atoms with E-state index in [4.69, 9.17) is 9.84 Å². The Morgan fingerprint density at radius 3 is 2.00 bits per heavy atom. The number of aliphatic hydroxyl groups is 1. The van der Waals surface area contributed by atoms with Crippen LogP contribution in [0, 0.1) is 0 Å². The van der Waals surface area contributed by atoms with E-state index < -0.39 is 0 Å². The molecule has 0 heterocycles. The molecule has 82 valence electrons. The molecule has 0 aliphatic carbocycles. The van der Waals surface area contributed by atoms with Crippen LogP contribution in [0.5, 0.6) is 0 Å². The van der Waals surface area contributed by atoms with Gasteiger partial charge in [-0.15, -0.1) is 0 Å². The summed E-state index contributed by atoms with van der Waals surface area (Å²) in [4.78, 5) is 0. The molecule has 0 aliphatic heterocycles. The largest absolute Gasteiger partial charge is 0.394 e. The summed E-state index contributed by atoms with van der Waals surface area (Å²) in [6.07, 6.45) is 2.26. The third-order valence-electron chi connectivity index (χ3n) is 1.11. The molecule has 0 fully saturated rings.